The number of unbranched alkanes of at least 4 members (excludes halogenated alkanes) is 1. The zero-order valence-electron chi connectivity index (χ0n) is 11.3. The van der Waals surface area contributed by atoms with Crippen LogP contribution in [0.4, 0.5) is 0 Å². The second kappa shape index (κ2) is 10.5. The van der Waals surface area contributed by atoms with E-state index in [1.807, 2.05) is 11.8 Å². The first kappa shape index (κ1) is 16.4. The Labute approximate surface area is 104 Å². The van der Waals surface area contributed by atoms with Crippen LogP contribution in [-0.2, 0) is 14.3 Å². The first-order valence-corrected chi connectivity index (χ1v) is 6.14. The van der Waals surface area contributed by atoms with Crippen LogP contribution in [0.1, 0.15) is 26.2 Å². The van der Waals surface area contributed by atoms with E-state index in [9.17, 15) is 4.79 Å². The minimum Gasteiger partial charge on any atom is -0.383 e. The van der Waals surface area contributed by atoms with Crippen LogP contribution in [0.15, 0.2) is 0 Å². The molecule has 1 amide bonds. The van der Waals surface area contributed by atoms with E-state index in [-0.39, 0.29) is 11.9 Å². The first-order chi connectivity index (χ1) is 8.17. The predicted octanol–water partition coefficient (Wildman–Crippen LogP) is 0.625. The first-order valence-electron chi connectivity index (χ1n) is 6.14. The molecule has 5 heteroatoms. The van der Waals surface area contributed by atoms with Gasteiger partial charge in [0.05, 0.1) is 19.3 Å². The number of carbonyl (C=O) groups excluding carboxylic acids is 1. The molecule has 0 aliphatic rings. The molecule has 0 spiro atoms. The lowest BCUT2D eigenvalue weighted by molar-refractivity contribution is -0.135. The molecule has 5 nitrogen and oxygen atoms in total. The van der Waals surface area contributed by atoms with Gasteiger partial charge in [-0.25, -0.2) is 0 Å². The van der Waals surface area contributed by atoms with Gasteiger partial charge in [-0.2, -0.15) is 0 Å². The lowest BCUT2D eigenvalue weighted by atomic mass is 10.2. The van der Waals surface area contributed by atoms with Crippen molar-refractivity contribution < 1.29 is 14.3 Å². The molecular formula is C12H26N2O3. The number of ether oxygens (including phenoxy) is 2. The Hall–Kier alpha value is -0.650. The molecule has 0 bridgehead atoms. The fourth-order valence-electron chi connectivity index (χ4n) is 1.68. The van der Waals surface area contributed by atoms with Crippen molar-refractivity contribution in [1.82, 2.24) is 4.90 Å². The van der Waals surface area contributed by atoms with Crippen molar-refractivity contribution in [3.8, 4) is 0 Å². The van der Waals surface area contributed by atoms with Gasteiger partial charge in [0.25, 0.3) is 0 Å². The molecule has 0 saturated carbocycles. The standard InChI is InChI=1S/C12H26N2O3/c1-11(10-17-3)14(8-9-16-2)12(15)6-4-5-7-13/h11H,4-10,13H2,1-3H3. The van der Waals surface area contributed by atoms with Crippen molar-refractivity contribution in [1.29, 1.82) is 0 Å². The highest BCUT2D eigenvalue weighted by Gasteiger charge is 2.18. The van der Waals surface area contributed by atoms with Gasteiger partial charge in [-0.15, -0.1) is 0 Å². The summed E-state index contributed by atoms with van der Waals surface area (Å²) in [6.07, 6.45) is 2.29. The molecule has 0 aromatic heterocycles. The number of methoxy groups -OCH3 is 2. The summed E-state index contributed by atoms with van der Waals surface area (Å²) in [6.45, 7) is 4.34. The highest BCUT2D eigenvalue weighted by Crippen LogP contribution is 2.06. The molecule has 0 aliphatic carbocycles. The fraction of sp³-hybridized carbons (Fsp3) is 0.917. The maximum Gasteiger partial charge on any atom is 0.222 e. The van der Waals surface area contributed by atoms with Crippen LogP contribution >= 0.6 is 0 Å². The number of rotatable bonds is 10. The maximum absolute atomic E-state index is 12.0. The fourth-order valence-corrected chi connectivity index (χ4v) is 1.68. The number of hydrogen-bond donors (Lipinski definition) is 1. The largest absolute Gasteiger partial charge is 0.383 e. The molecule has 0 rings (SSSR count). The number of nitrogens with zero attached hydrogens (tertiary/aromatic N) is 1. The molecule has 17 heavy (non-hydrogen) atoms. The van der Waals surface area contributed by atoms with E-state index in [0.29, 0.717) is 32.7 Å². The van der Waals surface area contributed by atoms with Crippen molar-refractivity contribution in [2.45, 2.75) is 32.2 Å². The van der Waals surface area contributed by atoms with Crippen molar-refractivity contribution in [2.24, 2.45) is 5.73 Å². The van der Waals surface area contributed by atoms with Crippen LogP contribution in [0.25, 0.3) is 0 Å². The van der Waals surface area contributed by atoms with Crippen LogP contribution in [0.3, 0.4) is 0 Å². The molecule has 0 aromatic rings. The van der Waals surface area contributed by atoms with E-state index in [2.05, 4.69) is 0 Å². The molecule has 1 atom stereocenters. The molecule has 0 aliphatic heterocycles. The minimum atomic E-state index is 0.0838. The third-order valence-corrected chi connectivity index (χ3v) is 2.64. The van der Waals surface area contributed by atoms with Gasteiger partial charge < -0.3 is 20.1 Å². The van der Waals surface area contributed by atoms with E-state index in [0.717, 1.165) is 12.8 Å². The highest BCUT2D eigenvalue weighted by atomic mass is 16.5. The number of carbonyl (C=O) groups is 1. The van der Waals surface area contributed by atoms with Crippen molar-refractivity contribution in [3.05, 3.63) is 0 Å². The highest BCUT2D eigenvalue weighted by molar-refractivity contribution is 5.76. The quantitative estimate of drug-likeness (QED) is 0.574. The third kappa shape index (κ3) is 7.31. The van der Waals surface area contributed by atoms with E-state index < -0.39 is 0 Å². The molecule has 0 saturated heterocycles. The average molecular weight is 246 g/mol. The van der Waals surface area contributed by atoms with Crippen LogP contribution in [0, 0.1) is 0 Å². The lowest BCUT2D eigenvalue weighted by Crippen LogP contribution is -2.42. The minimum absolute atomic E-state index is 0.0838. The number of nitrogens with two attached hydrogens (primary N) is 1. The monoisotopic (exact) mass is 246 g/mol. The average Bonchev–Trinajstić information content (AvgIpc) is 2.30. The van der Waals surface area contributed by atoms with Gasteiger partial charge in [0, 0.05) is 27.2 Å². The Morgan fingerprint density at radius 1 is 1.29 bits per heavy atom. The van der Waals surface area contributed by atoms with E-state index >= 15 is 0 Å². The summed E-state index contributed by atoms with van der Waals surface area (Å²) in [4.78, 5) is 13.8. The molecule has 0 heterocycles. The maximum atomic E-state index is 12.0. The second-order valence-corrected chi connectivity index (χ2v) is 4.13. The van der Waals surface area contributed by atoms with E-state index in [1.54, 1.807) is 14.2 Å². The Balaban J connectivity index is 4.18. The van der Waals surface area contributed by atoms with Crippen LogP contribution in [-0.4, -0.2) is 57.4 Å². The molecule has 102 valence electrons. The summed E-state index contributed by atoms with van der Waals surface area (Å²) >= 11 is 0. The third-order valence-electron chi connectivity index (χ3n) is 2.64. The summed E-state index contributed by atoms with van der Waals surface area (Å²) < 4.78 is 10.1. The smallest absolute Gasteiger partial charge is 0.222 e. The van der Waals surface area contributed by atoms with Crippen molar-refractivity contribution in [3.63, 3.8) is 0 Å². The number of amides is 1. The van der Waals surface area contributed by atoms with Crippen LogP contribution in [0.2, 0.25) is 0 Å². The molecule has 0 radical (unpaired) electrons. The molecule has 0 fully saturated rings. The van der Waals surface area contributed by atoms with Gasteiger partial charge in [0.15, 0.2) is 0 Å². The Bertz CT molecular complexity index is 200. The molecule has 2 N–H and O–H groups in total. The Morgan fingerprint density at radius 2 is 2.00 bits per heavy atom. The van der Waals surface area contributed by atoms with Gasteiger partial charge in [-0.3, -0.25) is 4.79 Å². The molecular weight excluding hydrogens is 220 g/mol. The van der Waals surface area contributed by atoms with Crippen molar-refractivity contribution >= 4 is 5.91 Å². The van der Waals surface area contributed by atoms with Gasteiger partial charge in [0.2, 0.25) is 5.91 Å². The SMILES string of the molecule is COCCN(C(=O)CCCCN)C(C)COC. The Morgan fingerprint density at radius 3 is 2.53 bits per heavy atom. The number of hydrogen-bond acceptors (Lipinski definition) is 4. The summed E-state index contributed by atoms with van der Waals surface area (Å²) in [7, 11) is 3.28. The summed E-state index contributed by atoms with van der Waals surface area (Å²) in [6, 6.07) is 0.0838. The van der Waals surface area contributed by atoms with Crippen LogP contribution in [0.5, 0.6) is 0 Å². The second-order valence-electron chi connectivity index (χ2n) is 4.13. The van der Waals surface area contributed by atoms with E-state index in [4.69, 9.17) is 15.2 Å². The van der Waals surface area contributed by atoms with Gasteiger partial charge in [-0.1, -0.05) is 0 Å². The Kier molecular flexibility index (Phi) is 10.1. The summed E-state index contributed by atoms with van der Waals surface area (Å²) in [5, 5.41) is 0. The predicted molar refractivity (Wildman–Crippen MR) is 67.8 cm³/mol. The normalized spacial score (nSPS) is 12.5. The molecule has 0 aromatic carbocycles. The van der Waals surface area contributed by atoms with Crippen molar-refractivity contribution in [2.75, 3.05) is 40.5 Å². The summed E-state index contributed by atoms with van der Waals surface area (Å²) in [5.74, 6) is 0.153. The van der Waals surface area contributed by atoms with Gasteiger partial charge >= 0.3 is 0 Å². The van der Waals surface area contributed by atoms with Gasteiger partial charge in [0.1, 0.15) is 0 Å². The summed E-state index contributed by atoms with van der Waals surface area (Å²) in [5.41, 5.74) is 5.41. The lowest BCUT2D eigenvalue weighted by Gasteiger charge is -2.28. The molecule has 1 unspecified atom stereocenters. The topological polar surface area (TPSA) is 64.8 Å². The van der Waals surface area contributed by atoms with Crippen LogP contribution < -0.4 is 5.73 Å². The zero-order chi connectivity index (χ0) is 13.1. The van der Waals surface area contributed by atoms with E-state index in [1.165, 1.54) is 0 Å². The van der Waals surface area contributed by atoms with Gasteiger partial charge in [-0.05, 0) is 26.3 Å². The zero-order valence-corrected chi connectivity index (χ0v) is 11.3.